The minimum absolute atomic E-state index is 0.0131. The minimum atomic E-state index is -0.0131. The van der Waals surface area contributed by atoms with Crippen LogP contribution in [-0.2, 0) is 24.9 Å². The molecular formula is C19H25N5O. The predicted molar refractivity (Wildman–Crippen MR) is 94.5 cm³/mol. The molecule has 2 aliphatic heterocycles. The highest BCUT2D eigenvalue weighted by Gasteiger charge is 2.47. The van der Waals surface area contributed by atoms with Gasteiger partial charge in [0.05, 0.1) is 11.7 Å². The molecule has 6 heteroatoms. The number of piperidine rings is 1. The number of pyridine rings is 1. The molecule has 4 heterocycles. The van der Waals surface area contributed by atoms with Gasteiger partial charge in [-0.25, -0.2) is 0 Å². The first-order chi connectivity index (χ1) is 12.1. The number of likely N-dealkylation sites (tertiary alicyclic amines) is 2. The fraction of sp³-hybridized carbons (Fsp3) is 0.526. The summed E-state index contributed by atoms with van der Waals surface area (Å²) < 4.78 is 1.85. The molecule has 25 heavy (non-hydrogen) atoms. The van der Waals surface area contributed by atoms with Gasteiger partial charge in [-0.15, -0.1) is 0 Å². The fourth-order valence-electron chi connectivity index (χ4n) is 4.38. The Kier molecular flexibility index (Phi) is 4.29. The van der Waals surface area contributed by atoms with Crippen LogP contribution in [0.3, 0.4) is 0 Å². The van der Waals surface area contributed by atoms with E-state index in [1.165, 1.54) is 5.56 Å². The van der Waals surface area contributed by atoms with Crippen LogP contribution < -0.4 is 0 Å². The van der Waals surface area contributed by atoms with Gasteiger partial charge in [-0.1, -0.05) is 0 Å². The summed E-state index contributed by atoms with van der Waals surface area (Å²) in [4.78, 5) is 21.3. The molecule has 1 atom stereocenters. The van der Waals surface area contributed by atoms with Gasteiger partial charge in [0.15, 0.2) is 0 Å². The van der Waals surface area contributed by atoms with Gasteiger partial charge in [-0.3, -0.25) is 19.4 Å². The van der Waals surface area contributed by atoms with Crippen molar-refractivity contribution in [3.63, 3.8) is 0 Å². The summed E-state index contributed by atoms with van der Waals surface area (Å²) >= 11 is 0. The van der Waals surface area contributed by atoms with Crippen LogP contribution in [0, 0.1) is 0 Å². The van der Waals surface area contributed by atoms with E-state index in [-0.39, 0.29) is 5.54 Å². The lowest BCUT2D eigenvalue weighted by Gasteiger charge is -2.46. The Morgan fingerprint density at radius 1 is 1.16 bits per heavy atom. The molecule has 2 aromatic rings. The zero-order valence-corrected chi connectivity index (χ0v) is 14.8. The number of aryl methyl sites for hydroxylation is 1. The van der Waals surface area contributed by atoms with Gasteiger partial charge in [-0.2, -0.15) is 5.10 Å². The Hall–Kier alpha value is -2.21. The highest BCUT2D eigenvalue weighted by Crippen LogP contribution is 2.39. The highest BCUT2D eigenvalue weighted by molar-refractivity contribution is 5.79. The van der Waals surface area contributed by atoms with Crippen LogP contribution in [0.5, 0.6) is 0 Å². The normalized spacial score (nSPS) is 24.4. The molecule has 1 spiro atoms. The fourth-order valence-corrected chi connectivity index (χ4v) is 4.38. The van der Waals surface area contributed by atoms with Crippen molar-refractivity contribution in [1.29, 1.82) is 0 Å². The van der Waals surface area contributed by atoms with E-state index < -0.39 is 0 Å². The summed E-state index contributed by atoms with van der Waals surface area (Å²) in [6.45, 7) is 3.65. The molecular weight excluding hydrogens is 314 g/mol. The third kappa shape index (κ3) is 3.31. The molecule has 0 saturated carbocycles. The molecule has 0 bridgehead atoms. The molecule has 0 aliphatic carbocycles. The Morgan fingerprint density at radius 3 is 2.76 bits per heavy atom. The molecule has 0 radical (unpaired) electrons. The summed E-state index contributed by atoms with van der Waals surface area (Å²) in [5.41, 5.74) is 2.39. The topological polar surface area (TPSA) is 54.3 Å². The Bertz CT molecular complexity index is 743. The van der Waals surface area contributed by atoms with Crippen molar-refractivity contribution in [2.45, 2.75) is 44.3 Å². The average Bonchev–Trinajstić information content (AvgIpc) is 3.15. The number of rotatable bonds is 4. The van der Waals surface area contributed by atoms with Crippen LogP contribution in [0.1, 0.15) is 36.8 Å². The number of amides is 1. The van der Waals surface area contributed by atoms with Crippen LogP contribution in [0.2, 0.25) is 0 Å². The summed E-state index contributed by atoms with van der Waals surface area (Å²) in [6.07, 6.45) is 11.5. The van der Waals surface area contributed by atoms with Crippen molar-refractivity contribution in [2.24, 2.45) is 7.05 Å². The molecule has 2 fully saturated rings. The van der Waals surface area contributed by atoms with Crippen LogP contribution in [0.25, 0.3) is 0 Å². The smallest absolute Gasteiger partial charge is 0.223 e. The van der Waals surface area contributed by atoms with Gasteiger partial charge in [0.25, 0.3) is 0 Å². The predicted octanol–water partition coefficient (Wildman–Crippen LogP) is 1.97. The molecule has 1 unspecified atom stereocenters. The van der Waals surface area contributed by atoms with Gasteiger partial charge in [0.1, 0.15) is 0 Å². The van der Waals surface area contributed by atoms with Gasteiger partial charge in [-0.05, 0) is 43.5 Å². The van der Waals surface area contributed by atoms with Gasteiger partial charge in [0, 0.05) is 57.3 Å². The molecule has 6 nitrogen and oxygen atoms in total. The quantitative estimate of drug-likeness (QED) is 0.855. The second-order valence-electron chi connectivity index (χ2n) is 7.40. The Balaban J connectivity index is 1.51. The first-order valence-electron chi connectivity index (χ1n) is 9.04. The summed E-state index contributed by atoms with van der Waals surface area (Å²) in [5.74, 6) is 0.292. The lowest BCUT2D eigenvalue weighted by Crippen LogP contribution is -2.55. The number of hydrogen-bond acceptors (Lipinski definition) is 4. The maximum absolute atomic E-state index is 12.6. The minimum Gasteiger partial charge on any atom is -0.331 e. The lowest BCUT2D eigenvalue weighted by molar-refractivity contribution is -0.133. The molecule has 2 saturated heterocycles. The number of carbonyl (C=O) groups is 1. The molecule has 132 valence electrons. The largest absolute Gasteiger partial charge is 0.331 e. The second kappa shape index (κ2) is 6.59. The standard InChI is InChI=1S/C19H25N5O/c1-22-12-17(11-21-22)13-23-10-2-6-19(15-23)7-3-18(25)24(19)14-16-4-8-20-9-5-16/h4-5,8-9,11-12H,2-3,6-7,10,13-15H2,1H3. The maximum atomic E-state index is 12.6. The SMILES string of the molecule is Cn1cc(CN2CCCC3(CCC(=O)N3Cc3ccncc3)C2)cn1. The van der Waals surface area contributed by atoms with Crippen LogP contribution >= 0.6 is 0 Å². The molecule has 0 aromatic carbocycles. The Labute approximate surface area is 148 Å². The van der Waals surface area contributed by atoms with Crippen molar-refractivity contribution < 1.29 is 4.79 Å². The first-order valence-corrected chi connectivity index (χ1v) is 9.04. The highest BCUT2D eigenvalue weighted by atomic mass is 16.2. The number of nitrogens with zero attached hydrogens (tertiary/aromatic N) is 5. The molecule has 2 aliphatic rings. The summed E-state index contributed by atoms with van der Waals surface area (Å²) in [7, 11) is 1.95. The second-order valence-corrected chi connectivity index (χ2v) is 7.40. The van der Waals surface area contributed by atoms with Crippen LogP contribution in [0.15, 0.2) is 36.9 Å². The zero-order valence-electron chi connectivity index (χ0n) is 14.8. The number of aromatic nitrogens is 3. The van der Waals surface area contributed by atoms with E-state index in [1.807, 2.05) is 30.1 Å². The molecule has 2 aromatic heterocycles. The molecule has 4 rings (SSSR count). The van der Waals surface area contributed by atoms with E-state index in [1.54, 1.807) is 12.4 Å². The van der Waals surface area contributed by atoms with E-state index in [4.69, 9.17) is 0 Å². The third-order valence-electron chi connectivity index (χ3n) is 5.57. The monoisotopic (exact) mass is 339 g/mol. The maximum Gasteiger partial charge on any atom is 0.223 e. The van der Waals surface area contributed by atoms with Crippen molar-refractivity contribution in [3.8, 4) is 0 Å². The van der Waals surface area contributed by atoms with Gasteiger partial charge >= 0.3 is 0 Å². The van der Waals surface area contributed by atoms with E-state index in [0.717, 1.165) is 44.5 Å². The van der Waals surface area contributed by atoms with E-state index in [2.05, 4.69) is 26.1 Å². The summed E-state index contributed by atoms with van der Waals surface area (Å²) in [6, 6.07) is 4.02. The van der Waals surface area contributed by atoms with E-state index in [0.29, 0.717) is 18.9 Å². The van der Waals surface area contributed by atoms with Crippen molar-refractivity contribution in [2.75, 3.05) is 13.1 Å². The third-order valence-corrected chi connectivity index (χ3v) is 5.57. The first kappa shape index (κ1) is 16.3. The molecule has 1 amide bonds. The van der Waals surface area contributed by atoms with Crippen LogP contribution in [0.4, 0.5) is 0 Å². The van der Waals surface area contributed by atoms with E-state index >= 15 is 0 Å². The number of hydrogen-bond donors (Lipinski definition) is 0. The van der Waals surface area contributed by atoms with E-state index in [9.17, 15) is 4.79 Å². The zero-order chi connectivity index (χ0) is 17.3. The van der Waals surface area contributed by atoms with Gasteiger partial charge in [0.2, 0.25) is 5.91 Å². The number of carbonyl (C=O) groups excluding carboxylic acids is 1. The lowest BCUT2D eigenvalue weighted by atomic mass is 9.86. The molecule has 0 N–H and O–H groups in total. The summed E-state index contributed by atoms with van der Waals surface area (Å²) in [5, 5.41) is 4.27. The Morgan fingerprint density at radius 2 is 2.00 bits per heavy atom. The van der Waals surface area contributed by atoms with Crippen molar-refractivity contribution in [3.05, 3.63) is 48.0 Å². The average molecular weight is 339 g/mol. The van der Waals surface area contributed by atoms with Crippen molar-refractivity contribution >= 4 is 5.91 Å². The van der Waals surface area contributed by atoms with Crippen molar-refractivity contribution in [1.82, 2.24) is 24.6 Å². The van der Waals surface area contributed by atoms with Crippen LogP contribution in [-0.4, -0.2) is 49.1 Å². The van der Waals surface area contributed by atoms with Gasteiger partial charge < -0.3 is 4.90 Å².